The van der Waals surface area contributed by atoms with Crippen LogP contribution in [-0.4, -0.2) is 86.9 Å². The second kappa shape index (κ2) is 12.0. The van der Waals surface area contributed by atoms with Crippen LogP contribution in [0.5, 0.6) is 0 Å². The maximum absolute atomic E-state index is 13.0. The highest BCUT2D eigenvalue weighted by Gasteiger charge is 2.26. The fraction of sp³-hybridized carbons (Fsp3) is 0.259. The first-order valence-corrected chi connectivity index (χ1v) is 12.2. The SMILES string of the molecule is C=Nn1c(=NC)c(N=C(/C=C\C(=C)C(=O)N2CCN(C(=O)c3cnccn3)CC2)CC)nc2ccccc21. The number of hydrogen-bond acceptors (Lipinski definition) is 8. The molecule has 2 aromatic heterocycles. The molecule has 0 aliphatic carbocycles. The van der Waals surface area contributed by atoms with Gasteiger partial charge >= 0.3 is 0 Å². The molecule has 0 atom stereocenters. The quantitative estimate of drug-likeness (QED) is 0.274. The standard InChI is InChI=1S/C27H29N9O2/c1-5-20(32-24-25(28-3)36(29-4)23-9-7-6-8-21(23)33-24)11-10-19(2)26(37)34-14-16-35(17-15-34)27(38)22-18-30-12-13-31-22/h6-13,18H,2,4-5,14-17H2,1,3H3/b11-10-,28-25?,32-20?. The smallest absolute Gasteiger partial charge is 0.274 e. The average Bonchev–Trinajstić information content (AvgIpc) is 2.97. The van der Waals surface area contributed by atoms with Crippen LogP contribution in [0.4, 0.5) is 5.82 Å². The number of aromatic nitrogens is 4. The molecular formula is C27H29N9O2. The Morgan fingerprint density at radius 2 is 1.82 bits per heavy atom. The summed E-state index contributed by atoms with van der Waals surface area (Å²) in [4.78, 5) is 50.6. The molecule has 38 heavy (non-hydrogen) atoms. The summed E-state index contributed by atoms with van der Waals surface area (Å²) in [5, 5.41) is 4.10. The first kappa shape index (κ1) is 26.3. The van der Waals surface area contributed by atoms with E-state index in [0.29, 0.717) is 66.4 Å². The molecule has 3 heterocycles. The van der Waals surface area contributed by atoms with Gasteiger partial charge in [-0.1, -0.05) is 25.6 Å². The molecule has 1 aromatic carbocycles. The molecule has 1 saturated heterocycles. The van der Waals surface area contributed by atoms with Crippen molar-refractivity contribution < 1.29 is 9.59 Å². The third-order valence-electron chi connectivity index (χ3n) is 6.09. The number of carbonyl (C=O) groups is 2. The minimum atomic E-state index is -0.193. The van der Waals surface area contributed by atoms with Gasteiger partial charge < -0.3 is 9.80 Å². The number of hydrogen-bond donors (Lipinski definition) is 0. The zero-order chi connectivity index (χ0) is 27.1. The highest BCUT2D eigenvalue weighted by Crippen LogP contribution is 2.15. The van der Waals surface area contributed by atoms with Crippen LogP contribution in [0.15, 0.2) is 82.2 Å². The van der Waals surface area contributed by atoms with Crippen molar-refractivity contribution >= 4 is 41.1 Å². The predicted molar refractivity (Wildman–Crippen MR) is 146 cm³/mol. The lowest BCUT2D eigenvalue weighted by Gasteiger charge is -2.34. The Hall–Kier alpha value is -4.80. The van der Waals surface area contributed by atoms with Crippen molar-refractivity contribution in [2.45, 2.75) is 13.3 Å². The van der Waals surface area contributed by atoms with Gasteiger partial charge in [-0.2, -0.15) is 5.10 Å². The van der Waals surface area contributed by atoms with Crippen molar-refractivity contribution in [1.82, 2.24) is 29.4 Å². The molecular weight excluding hydrogens is 482 g/mol. The summed E-state index contributed by atoms with van der Waals surface area (Å²) in [6.45, 7) is 11.2. The van der Waals surface area contributed by atoms with Gasteiger partial charge in [-0.3, -0.25) is 19.6 Å². The first-order valence-electron chi connectivity index (χ1n) is 12.2. The number of fused-ring (bicyclic) bond motifs is 1. The predicted octanol–water partition coefficient (Wildman–Crippen LogP) is 2.40. The van der Waals surface area contributed by atoms with Crippen LogP contribution in [-0.2, 0) is 4.79 Å². The van der Waals surface area contributed by atoms with Gasteiger partial charge in [0.1, 0.15) is 5.69 Å². The van der Waals surface area contributed by atoms with Gasteiger partial charge in [0.25, 0.3) is 11.8 Å². The Kier molecular flexibility index (Phi) is 8.27. The summed E-state index contributed by atoms with van der Waals surface area (Å²) < 4.78 is 1.61. The van der Waals surface area contributed by atoms with Crippen molar-refractivity contribution in [3.8, 4) is 0 Å². The largest absolute Gasteiger partial charge is 0.335 e. The molecule has 1 aliphatic heterocycles. The van der Waals surface area contributed by atoms with E-state index >= 15 is 0 Å². The van der Waals surface area contributed by atoms with Gasteiger partial charge in [-0.15, -0.1) is 0 Å². The third-order valence-corrected chi connectivity index (χ3v) is 6.09. The molecule has 11 nitrogen and oxygen atoms in total. The number of nitrogens with zero attached hydrogens (tertiary/aromatic N) is 9. The number of rotatable bonds is 7. The van der Waals surface area contributed by atoms with Crippen LogP contribution in [0, 0.1) is 0 Å². The zero-order valence-corrected chi connectivity index (χ0v) is 21.5. The molecule has 1 aliphatic rings. The highest BCUT2D eigenvalue weighted by atomic mass is 16.2. The van der Waals surface area contributed by atoms with Gasteiger partial charge in [0, 0.05) is 63.6 Å². The number of carbonyl (C=O) groups excluding carboxylic acids is 2. The van der Waals surface area contributed by atoms with Gasteiger partial charge in [-0.05, 0) is 30.7 Å². The third kappa shape index (κ3) is 5.61. The van der Waals surface area contributed by atoms with E-state index in [1.807, 2.05) is 31.2 Å². The number of benzene rings is 1. The first-order chi connectivity index (χ1) is 18.5. The van der Waals surface area contributed by atoms with Gasteiger partial charge in [0.05, 0.1) is 17.2 Å². The minimum absolute atomic E-state index is 0.190. The number of amides is 2. The van der Waals surface area contributed by atoms with Gasteiger partial charge in [-0.25, -0.2) is 19.6 Å². The Balaban J connectivity index is 1.46. The molecule has 0 N–H and O–H groups in total. The fourth-order valence-electron chi connectivity index (χ4n) is 4.05. The molecule has 3 aromatic rings. The van der Waals surface area contributed by atoms with Gasteiger partial charge in [0.2, 0.25) is 0 Å². The minimum Gasteiger partial charge on any atom is -0.335 e. The molecule has 0 radical (unpaired) electrons. The zero-order valence-electron chi connectivity index (χ0n) is 21.5. The molecule has 1 fully saturated rings. The second-order valence-electron chi connectivity index (χ2n) is 8.41. The van der Waals surface area contributed by atoms with Crippen molar-refractivity contribution in [2.75, 3.05) is 33.2 Å². The van der Waals surface area contributed by atoms with E-state index in [-0.39, 0.29) is 11.8 Å². The summed E-state index contributed by atoms with van der Waals surface area (Å²) in [5.74, 6) is 0.0205. The van der Waals surface area contributed by atoms with Crippen LogP contribution < -0.4 is 5.49 Å². The summed E-state index contributed by atoms with van der Waals surface area (Å²) in [7, 11) is 1.65. The summed E-state index contributed by atoms with van der Waals surface area (Å²) in [6.07, 6.45) is 8.46. The van der Waals surface area contributed by atoms with E-state index in [2.05, 4.69) is 38.3 Å². The lowest BCUT2D eigenvalue weighted by Crippen LogP contribution is -2.51. The van der Waals surface area contributed by atoms with Crippen LogP contribution in [0.3, 0.4) is 0 Å². The van der Waals surface area contributed by atoms with E-state index in [1.54, 1.807) is 33.7 Å². The van der Waals surface area contributed by atoms with E-state index in [4.69, 9.17) is 4.99 Å². The van der Waals surface area contributed by atoms with Crippen LogP contribution >= 0.6 is 0 Å². The average molecular weight is 512 g/mol. The Bertz CT molecular complexity index is 1500. The number of aliphatic imine (C=N–C) groups is 1. The van der Waals surface area contributed by atoms with Crippen LogP contribution in [0.2, 0.25) is 0 Å². The van der Waals surface area contributed by atoms with E-state index in [9.17, 15) is 9.59 Å². The molecule has 0 bridgehead atoms. The summed E-state index contributed by atoms with van der Waals surface area (Å²) in [6, 6.07) is 7.55. The number of para-hydroxylation sites is 2. The van der Waals surface area contributed by atoms with Crippen LogP contribution in [0.1, 0.15) is 23.8 Å². The molecule has 4 rings (SSSR count). The topological polar surface area (TPSA) is 121 Å². The normalized spacial score (nSPS) is 14.8. The van der Waals surface area contributed by atoms with Crippen molar-refractivity contribution in [2.24, 2.45) is 15.1 Å². The Labute approximate surface area is 220 Å². The fourth-order valence-corrected chi connectivity index (χ4v) is 4.05. The van der Waals surface area contributed by atoms with Crippen molar-refractivity contribution in [3.05, 3.63) is 78.3 Å². The van der Waals surface area contributed by atoms with E-state index < -0.39 is 0 Å². The van der Waals surface area contributed by atoms with Crippen molar-refractivity contribution in [1.29, 1.82) is 0 Å². The second-order valence-corrected chi connectivity index (χ2v) is 8.41. The maximum atomic E-state index is 13.0. The number of piperazine rings is 1. The van der Waals surface area contributed by atoms with Gasteiger partial charge in [0.15, 0.2) is 11.3 Å². The molecule has 194 valence electrons. The summed E-state index contributed by atoms with van der Waals surface area (Å²) >= 11 is 0. The summed E-state index contributed by atoms with van der Waals surface area (Å²) in [5.41, 5.74) is 3.27. The van der Waals surface area contributed by atoms with Crippen molar-refractivity contribution in [3.63, 3.8) is 0 Å². The van der Waals surface area contributed by atoms with E-state index in [1.165, 1.54) is 18.6 Å². The molecule has 0 spiro atoms. The lowest BCUT2D eigenvalue weighted by atomic mass is 10.1. The lowest BCUT2D eigenvalue weighted by molar-refractivity contribution is -0.128. The molecule has 2 amide bonds. The highest BCUT2D eigenvalue weighted by molar-refractivity contribution is 6.01. The molecule has 11 heteroatoms. The maximum Gasteiger partial charge on any atom is 0.274 e. The Morgan fingerprint density at radius 3 is 2.47 bits per heavy atom. The molecule has 0 saturated carbocycles. The monoisotopic (exact) mass is 511 g/mol. The number of allylic oxidation sites excluding steroid dienone is 1. The van der Waals surface area contributed by atoms with E-state index in [0.717, 1.165) is 5.52 Å². The molecule has 0 unspecified atom stereocenters. The Morgan fingerprint density at radius 1 is 1.08 bits per heavy atom. The van der Waals surface area contributed by atoms with Crippen LogP contribution in [0.25, 0.3) is 11.0 Å².